The zero-order valence-electron chi connectivity index (χ0n) is 15.3. The minimum atomic E-state index is -0.182. The van der Waals surface area contributed by atoms with Crippen molar-refractivity contribution in [1.82, 2.24) is 15.2 Å². The van der Waals surface area contributed by atoms with Crippen LogP contribution in [0.1, 0.15) is 51.5 Å². The fraction of sp³-hybridized carbons (Fsp3) is 0.500. The van der Waals surface area contributed by atoms with E-state index in [2.05, 4.69) is 28.3 Å². The van der Waals surface area contributed by atoms with Gasteiger partial charge in [0.15, 0.2) is 0 Å². The van der Waals surface area contributed by atoms with Crippen molar-refractivity contribution in [2.75, 3.05) is 26.7 Å². The second kappa shape index (κ2) is 7.10. The van der Waals surface area contributed by atoms with Gasteiger partial charge in [0.05, 0.1) is 17.5 Å². The molecule has 2 aromatic heterocycles. The molecule has 0 aliphatic carbocycles. The fourth-order valence-electron chi connectivity index (χ4n) is 3.87. The molecule has 6 heteroatoms. The second-order valence-corrected chi connectivity index (χ2v) is 8.39. The van der Waals surface area contributed by atoms with E-state index in [4.69, 9.17) is 4.74 Å². The molecule has 1 saturated heterocycles. The Bertz CT molecular complexity index is 782. The van der Waals surface area contributed by atoms with Crippen LogP contribution in [0.5, 0.6) is 0 Å². The van der Waals surface area contributed by atoms with Crippen LogP contribution in [0.15, 0.2) is 30.6 Å². The smallest absolute Gasteiger partial charge is 0.261 e. The number of thiophene rings is 1. The maximum atomic E-state index is 12.8. The zero-order chi connectivity index (χ0) is 18.1. The molecule has 26 heavy (non-hydrogen) atoms. The molecule has 2 aromatic rings. The summed E-state index contributed by atoms with van der Waals surface area (Å²) in [6.07, 6.45) is 6.45. The van der Waals surface area contributed by atoms with Gasteiger partial charge in [0, 0.05) is 30.4 Å². The van der Waals surface area contributed by atoms with Crippen LogP contribution in [0.25, 0.3) is 0 Å². The van der Waals surface area contributed by atoms with Gasteiger partial charge in [-0.05, 0) is 56.5 Å². The molecule has 0 radical (unpaired) electrons. The van der Waals surface area contributed by atoms with Crippen LogP contribution < -0.4 is 5.32 Å². The van der Waals surface area contributed by atoms with E-state index in [1.54, 1.807) is 23.7 Å². The summed E-state index contributed by atoms with van der Waals surface area (Å²) in [6, 6.07) is 5.89. The molecule has 1 atom stereocenters. The number of piperidine rings is 1. The average Bonchev–Trinajstić information content (AvgIpc) is 3.11. The van der Waals surface area contributed by atoms with Gasteiger partial charge >= 0.3 is 0 Å². The Labute approximate surface area is 158 Å². The van der Waals surface area contributed by atoms with Gasteiger partial charge in [-0.2, -0.15) is 0 Å². The first kappa shape index (κ1) is 17.6. The second-order valence-electron chi connectivity index (χ2n) is 7.34. The maximum Gasteiger partial charge on any atom is 0.261 e. The number of nitrogens with zero attached hydrogens (tertiary/aromatic N) is 2. The Balaban J connectivity index is 1.54. The van der Waals surface area contributed by atoms with Crippen molar-refractivity contribution in [2.45, 2.75) is 37.8 Å². The lowest BCUT2D eigenvalue weighted by molar-refractivity contribution is -0.0921. The van der Waals surface area contributed by atoms with E-state index in [9.17, 15) is 4.79 Å². The quantitative estimate of drug-likeness (QED) is 0.901. The Hall–Kier alpha value is -1.76. The van der Waals surface area contributed by atoms with Crippen molar-refractivity contribution < 1.29 is 9.53 Å². The summed E-state index contributed by atoms with van der Waals surface area (Å²) in [5, 5.41) is 3.10. The molecule has 0 saturated carbocycles. The van der Waals surface area contributed by atoms with E-state index < -0.39 is 0 Å². The van der Waals surface area contributed by atoms with E-state index >= 15 is 0 Å². The van der Waals surface area contributed by atoms with Crippen LogP contribution in [0, 0.1) is 0 Å². The third-order valence-corrected chi connectivity index (χ3v) is 6.88. The first-order chi connectivity index (χ1) is 12.6. The Morgan fingerprint density at radius 2 is 2.23 bits per heavy atom. The molecular formula is C20H25N3O2S. The molecule has 138 valence electrons. The summed E-state index contributed by atoms with van der Waals surface area (Å²) in [5.41, 5.74) is 2.13. The molecule has 1 fully saturated rings. The third kappa shape index (κ3) is 3.29. The van der Waals surface area contributed by atoms with E-state index in [1.807, 2.05) is 19.1 Å². The van der Waals surface area contributed by atoms with E-state index in [1.165, 1.54) is 10.4 Å². The number of likely N-dealkylation sites (tertiary alicyclic amines) is 1. The van der Waals surface area contributed by atoms with Gasteiger partial charge in [-0.3, -0.25) is 9.78 Å². The Kier molecular flexibility index (Phi) is 4.82. The predicted molar refractivity (Wildman–Crippen MR) is 103 cm³/mol. The minimum absolute atomic E-state index is 0.0103. The highest BCUT2D eigenvalue weighted by Crippen LogP contribution is 2.45. The summed E-state index contributed by atoms with van der Waals surface area (Å²) in [7, 11) is 2.16. The first-order valence-electron chi connectivity index (χ1n) is 9.24. The molecule has 4 heterocycles. The summed E-state index contributed by atoms with van der Waals surface area (Å²) in [5.74, 6) is -0.0103. The molecule has 1 unspecified atom stereocenters. The standard InChI is InChI=1S/C20H25N3O2S/c1-14(16-4-3-8-21-13-16)22-19(24)17-12-15-5-11-25-20(18(15)26-17)6-9-23(2)10-7-20/h3-4,8,12-14H,5-7,9-11H2,1-2H3,(H,22,24). The number of rotatable bonds is 3. The molecule has 1 spiro atoms. The SMILES string of the molecule is CC(NC(=O)c1cc2c(s1)C1(CCN(C)CC1)OCC2)c1cccnc1. The lowest BCUT2D eigenvalue weighted by atomic mass is 9.85. The van der Waals surface area contributed by atoms with Crippen molar-refractivity contribution in [3.8, 4) is 0 Å². The summed E-state index contributed by atoms with van der Waals surface area (Å²) in [6.45, 7) is 4.82. The van der Waals surface area contributed by atoms with Crippen molar-refractivity contribution in [1.29, 1.82) is 0 Å². The van der Waals surface area contributed by atoms with Gasteiger partial charge in [-0.1, -0.05) is 6.07 Å². The number of hydrogen-bond donors (Lipinski definition) is 1. The number of fused-ring (bicyclic) bond motifs is 2. The van der Waals surface area contributed by atoms with Gasteiger partial charge in [0.25, 0.3) is 5.91 Å². The fourth-order valence-corrected chi connectivity index (χ4v) is 5.18. The normalized spacial score (nSPS) is 20.5. The molecule has 0 aromatic carbocycles. The van der Waals surface area contributed by atoms with Crippen molar-refractivity contribution in [2.24, 2.45) is 0 Å². The van der Waals surface area contributed by atoms with Crippen LogP contribution in [0.2, 0.25) is 0 Å². The molecule has 5 nitrogen and oxygen atoms in total. The molecule has 1 amide bonds. The van der Waals surface area contributed by atoms with Gasteiger partial charge in [-0.15, -0.1) is 11.3 Å². The molecule has 2 aliphatic rings. The van der Waals surface area contributed by atoms with Crippen LogP contribution in [-0.2, 0) is 16.8 Å². The first-order valence-corrected chi connectivity index (χ1v) is 10.1. The van der Waals surface area contributed by atoms with Gasteiger partial charge in [0.1, 0.15) is 5.60 Å². The minimum Gasteiger partial charge on any atom is -0.369 e. The average molecular weight is 372 g/mol. The number of amides is 1. The molecule has 0 bridgehead atoms. The number of aromatic nitrogens is 1. The lowest BCUT2D eigenvalue weighted by Crippen LogP contribution is -2.44. The molecule has 1 N–H and O–H groups in total. The van der Waals surface area contributed by atoms with E-state index in [0.29, 0.717) is 0 Å². The topological polar surface area (TPSA) is 54.5 Å². The number of carbonyl (C=O) groups excluding carboxylic acids is 1. The van der Waals surface area contributed by atoms with Crippen molar-refractivity contribution >= 4 is 17.2 Å². The largest absolute Gasteiger partial charge is 0.369 e. The molecule has 2 aliphatic heterocycles. The monoisotopic (exact) mass is 371 g/mol. The molecular weight excluding hydrogens is 346 g/mol. The Morgan fingerprint density at radius 3 is 2.96 bits per heavy atom. The number of carbonyl (C=O) groups is 1. The van der Waals surface area contributed by atoms with Crippen LogP contribution in [-0.4, -0.2) is 42.5 Å². The lowest BCUT2D eigenvalue weighted by Gasteiger charge is -2.42. The van der Waals surface area contributed by atoms with Crippen LogP contribution in [0.4, 0.5) is 0 Å². The number of hydrogen-bond acceptors (Lipinski definition) is 5. The highest BCUT2D eigenvalue weighted by Gasteiger charge is 2.42. The Morgan fingerprint density at radius 1 is 1.42 bits per heavy atom. The van der Waals surface area contributed by atoms with Gasteiger partial charge in [0.2, 0.25) is 0 Å². The summed E-state index contributed by atoms with van der Waals surface area (Å²) >= 11 is 1.62. The van der Waals surface area contributed by atoms with Crippen molar-refractivity contribution in [3.63, 3.8) is 0 Å². The number of ether oxygens (including phenoxy) is 1. The number of nitrogens with one attached hydrogen (secondary N) is 1. The van der Waals surface area contributed by atoms with Gasteiger partial charge < -0.3 is 15.0 Å². The van der Waals surface area contributed by atoms with Crippen LogP contribution in [0.3, 0.4) is 0 Å². The summed E-state index contributed by atoms with van der Waals surface area (Å²) < 4.78 is 6.27. The highest BCUT2D eigenvalue weighted by atomic mass is 32.1. The third-order valence-electron chi connectivity index (χ3n) is 5.52. The van der Waals surface area contributed by atoms with Crippen LogP contribution >= 0.6 is 11.3 Å². The van der Waals surface area contributed by atoms with E-state index in [-0.39, 0.29) is 17.6 Å². The number of pyridine rings is 1. The predicted octanol–water partition coefficient (Wildman–Crippen LogP) is 3.13. The van der Waals surface area contributed by atoms with E-state index in [0.717, 1.165) is 49.4 Å². The van der Waals surface area contributed by atoms with Gasteiger partial charge in [-0.25, -0.2) is 0 Å². The van der Waals surface area contributed by atoms with Crippen molar-refractivity contribution in [3.05, 3.63) is 51.5 Å². The maximum absolute atomic E-state index is 12.8. The zero-order valence-corrected chi connectivity index (χ0v) is 16.1. The summed E-state index contributed by atoms with van der Waals surface area (Å²) in [4.78, 5) is 21.3. The highest BCUT2D eigenvalue weighted by molar-refractivity contribution is 7.14. The molecule has 4 rings (SSSR count).